The minimum Gasteiger partial charge on any atom is -0.323 e. The predicted molar refractivity (Wildman–Crippen MR) is 95.3 cm³/mol. The Labute approximate surface area is 141 Å². The van der Waals surface area contributed by atoms with Crippen LogP contribution in [0.25, 0.3) is 0 Å². The first-order valence-corrected chi connectivity index (χ1v) is 12.7. The van der Waals surface area contributed by atoms with Crippen LogP contribution in [0.5, 0.6) is 0 Å². The van der Waals surface area contributed by atoms with Crippen molar-refractivity contribution in [2.45, 2.75) is 94.0 Å². The van der Waals surface area contributed by atoms with E-state index in [9.17, 15) is 4.57 Å². The predicted octanol–water partition coefficient (Wildman–Crippen LogP) is 5.92. The molecule has 1 nitrogen and oxygen atoms in total. The highest BCUT2D eigenvalue weighted by Crippen LogP contribution is 2.77. The molecule has 0 aromatic carbocycles. The van der Waals surface area contributed by atoms with Crippen LogP contribution in [0.3, 0.4) is 0 Å². The Kier molecular flexibility index (Phi) is 3.07. The maximum absolute atomic E-state index is 15.0. The molecule has 128 valence electrons. The summed E-state index contributed by atoms with van der Waals surface area (Å²) in [5, 5.41) is 0. The smallest absolute Gasteiger partial charge is 0.0973 e. The fraction of sp³-hybridized carbons (Fsp3) is 1.00. The van der Waals surface area contributed by atoms with E-state index in [1.54, 1.807) is 0 Å². The number of rotatable bonds is 3. The molecule has 6 aliphatic carbocycles. The molecule has 23 heavy (non-hydrogen) atoms. The summed E-state index contributed by atoms with van der Waals surface area (Å²) in [6.07, 6.45) is 17.2. The van der Waals surface area contributed by atoms with Crippen molar-refractivity contribution >= 4 is 7.14 Å². The lowest BCUT2D eigenvalue weighted by Crippen LogP contribution is -2.35. The standard InChI is InChI=1S/C21H33OP/c22-23(19-10-13-1-4-16(19)7-13,20-11-14-2-5-17(20)8-14)21-12-15-3-6-18(21)9-15/h13-21H,1-12H2. The third-order valence-electron chi connectivity index (χ3n) is 9.66. The first-order valence-electron chi connectivity index (χ1n) is 10.8. The van der Waals surface area contributed by atoms with Gasteiger partial charge >= 0.3 is 0 Å². The van der Waals surface area contributed by atoms with Gasteiger partial charge in [-0.2, -0.15) is 0 Å². The van der Waals surface area contributed by atoms with Gasteiger partial charge in [-0.25, -0.2) is 0 Å². The molecule has 6 aliphatic rings. The van der Waals surface area contributed by atoms with Crippen molar-refractivity contribution in [3.8, 4) is 0 Å². The summed E-state index contributed by atoms with van der Waals surface area (Å²) in [4.78, 5) is 0. The summed E-state index contributed by atoms with van der Waals surface area (Å²) in [6.45, 7) is 0. The van der Waals surface area contributed by atoms with Crippen LogP contribution in [0, 0.1) is 35.5 Å². The molecule has 6 saturated carbocycles. The zero-order chi connectivity index (χ0) is 15.2. The largest absolute Gasteiger partial charge is 0.323 e. The van der Waals surface area contributed by atoms with Gasteiger partial charge in [-0.15, -0.1) is 0 Å². The van der Waals surface area contributed by atoms with E-state index in [4.69, 9.17) is 0 Å². The van der Waals surface area contributed by atoms with E-state index in [1.165, 1.54) is 77.0 Å². The average Bonchev–Trinajstić information content (AvgIpc) is 3.40. The maximum Gasteiger partial charge on any atom is 0.0973 e. The Bertz CT molecular complexity index is 480. The van der Waals surface area contributed by atoms with Crippen LogP contribution in [0.4, 0.5) is 0 Å². The van der Waals surface area contributed by atoms with Gasteiger partial charge in [-0.1, -0.05) is 19.3 Å². The third kappa shape index (κ3) is 1.90. The molecule has 0 aromatic heterocycles. The first-order chi connectivity index (χ1) is 11.2. The second-order valence-corrected chi connectivity index (χ2v) is 14.0. The van der Waals surface area contributed by atoms with Crippen molar-refractivity contribution in [1.82, 2.24) is 0 Å². The van der Waals surface area contributed by atoms with Gasteiger partial charge in [0.2, 0.25) is 0 Å². The zero-order valence-corrected chi connectivity index (χ0v) is 15.4. The lowest BCUT2D eigenvalue weighted by atomic mass is 9.99. The van der Waals surface area contributed by atoms with Crippen molar-refractivity contribution in [3.05, 3.63) is 0 Å². The van der Waals surface area contributed by atoms with Gasteiger partial charge in [0, 0.05) is 17.0 Å². The fourth-order valence-electron chi connectivity index (χ4n) is 8.85. The molecule has 0 saturated heterocycles. The summed E-state index contributed by atoms with van der Waals surface area (Å²) in [6, 6.07) is 0. The molecule has 9 unspecified atom stereocenters. The van der Waals surface area contributed by atoms with Gasteiger partial charge in [0.1, 0.15) is 0 Å². The highest BCUT2D eigenvalue weighted by molar-refractivity contribution is 7.66. The van der Waals surface area contributed by atoms with Crippen molar-refractivity contribution in [3.63, 3.8) is 0 Å². The zero-order valence-electron chi connectivity index (χ0n) is 14.5. The van der Waals surface area contributed by atoms with E-state index < -0.39 is 7.14 Å². The molecule has 0 amide bonds. The SMILES string of the molecule is O=P(C1CC2CCC1C2)(C1CC2CCC1C2)C1CC2CCC1C2. The minimum absolute atomic E-state index is 0.690. The molecule has 0 spiro atoms. The van der Waals surface area contributed by atoms with Crippen LogP contribution < -0.4 is 0 Å². The van der Waals surface area contributed by atoms with Crippen molar-refractivity contribution in [2.75, 3.05) is 0 Å². The van der Waals surface area contributed by atoms with E-state index >= 15 is 0 Å². The molecule has 0 radical (unpaired) electrons. The molecular weight excluding hydrogens is 299 g/mol. The highest BCUT2D eigenvalue weighted by atomic mass is 31.2. The molecule has 9 atom stereocenters. The van der Waals surface area contributed by atoms with Gasteiger partial charge in [-0.3, -0.25) is 0 Å². The molecule has 0 aliphatic heterocycles. The van der Waals surface area contributed by atoms with E-state index in [0.29, 0.717) is 17.0 Å². The molecule has 2 heteroatoms. The normalized spacial score (nSPS) is 59.0. The lowest BCUT2D eigenvalue weighted by molar-refractivity contribution is 0.398. The Morgan fingerprint density at radius 3 is 1.04 bits per heavy atom. The molecular formula is C21H33OP. The van der Waals surface area contributed by atoms with Crippen LogP contribution >= 0.6 is 7.14 Å². The summed E-state index contributed by atoms with van der Waals surface area (Å²) in [5.74, 6) is 5.54. The monoisotopic (exact) mass is 332 g/mol. The average molecular weight is 332 g/mol. The molecule has 6 rings (SSSR count). The Morgan fingerprint density at radius 1 is 0.478 bits per heavy atom. The molecule has 0 N–H and O–H groups in total. The van der Waals surface area contributed by atoms with Crippen LogP contribution in [0.1, 0.15) is 77.0 Å². The highest BCUT2D eigenvalue weighted by Gasteiger charge is 2.61. The fourth-order valence-corrected chi connectivity index (χ4v) is 15.0. The van der Waals surface area contributed by atoms with E-state index in [0.717, 1.165) is 35.5 Å². The summed E-state index contributed by atoms with van der Waals surface area (Å²) in [5.41, 5.74) is 2.07. The van der Waals surface area contributed by atoms with Crippen LogP contribution in [-0.4, -0.2) is 17.0 Å². The van der Waals surface area contributed by atoms with E-state index in [1.807, 2.05) is 0 Å². The van der Waals surface area contributed by atoms with Crippen molar-refractivity contribution in [2.24, 2.45) is 35.5 Å². The Hall–Kier alpha value is 0.230. The second kappa shape index (κ2) is 4.90. The number of hydrogen-bond donors (Lipinski definition) is 0. The van der Waals surface area contributed by atoms with Crippen LogP contribution in [-0.2, 0) is 4.57 Å². The summed E-state index contributed by atoms with van der Waals surface area (Å²) >= 11 is 0. The van der Waals surface area contributed by atoms with Gasteiger partial charge in [0.15, 0.2) is 0 Å². The number of fused-ring (bicyclic) bond motifs is 6. The van der Waals surface area contributed by atoms with Crippen LogP contribution in [0.15, 0.2) is 0 Å². The molecule has 0 aromatic rings. The van der Waals surface area contributed by atoms with Gasteiger partial charge in [0.25, 0.3) is 0 Å². The van der Waals surface area contributed by atoms with E-state index in [2.05, 4.69) is 0 Å². The minimum atomic E-state index is -1.99. The van der Waals surface area contributed by atoms with Crippen LogP contribution in [0.2, 0.25) is 0 Å². The molecule has 6 bridgehead atoms. The second-order valence-electron chi connectivity index (χ2n) is 10.5. The maximum atomic E-state index is 15.0. The molecule has 6 fully saturated rings. The Balaban J connectivity index is 1.39. The summed E-state index contributed by atoms with van der Waals surface area (Å²) < 4.78 is 15.0. The van der Waals surface area contributed by atoms with Gasteiger partial charge in [-0.05, 0) is 93.3 Å². The van der Waals surface area contributed by atoms with Gasteiger partial charge < -0.3 is 4.57 Å². The topological polar surface area (TPSA) is 17.1 Å². The quantitative estimate of drug-likeness (QED) is 0.587. The Morgan fingerprint density at radius 2 is 0.826 bits per heavy atom. The summed E-state index contributed by atoms with van der Waals surface area (Å²) in [7, 11) is -1.99. The molecule has 0 heterocycles. The van der Waals surface area contributed by atoms with Gasteiger partial charge in [0.05, 0.1) is 7.14 Å². The van der Waals surface area contributed by atoms with Crippen molar-refractivity contribution in [1.29, 1.82) is 0 Å². The van der Waals surface area contributed by atoms with E-state index in [-0.39, 0.29) is 0 Å². The first kappa shape index (κ1) is 14.4. The number of hydrogen-bond acceptors (Lipinski definition) is 1. The third-order valence-corrected chi connectivity index (χ3v) is 14.7. The lowest BCUT2D eigenvalue weighted by Gasteiger charge is -2.44. The van der Waals surface area contributed by atoms with Crippen molar-refractivity contribution < 1.29 is 4.57 Å².